The first-order valence-electron chi connectivity index (χ1n) is 5.06. The van der Waals surface area contributed by atoms with Crippen molar-refractivity contribution >= 4 is 5.91 Å². The molecule has 0 spiro atoms. The molecule has 0 rings (SSSR count). The summed E-state index contributed by atoms with van der Waals surface area (Å²) in [7, 11) is 0. The standard InChI is InChI=1S/C11H20N2O/c1-4-6-9(3)13-11(14)7-10(5-2)8-12/h1,9-10H,5-8,12H2,2-3H3,(H,13,14). The number of rotatable bonds is 6. The second-order valence-electron chi connectivity index (χ2n) is 3.59. The average Bonchev–Trinajstić information content (AvgIpc) is 2.14. The van der Waals surface area contributed by atoms with Gasteiger partial charge in [-0.15, -0.1) is 12.3 Å². The number of hydrogen-bond acceptors (Lipinski definition) is 2. The molecule has 0 fully saturated rings. The van der Waals surface area contributed by atoms with Crippen LogP contribution in [-0.4, -0.2) is 18.5 Å². The molecular formula is C11H20N2O. The number of amides is 1. The van der Waals surface area contributed by atoms with Crippen LogP contribution in [0.25, 0.3) is 0 Å². The SMILES string of the molecule is C#CCC(C)NC(=O)CC(CC)CN. The van der Waals surface area contributed by atoms with Gasteiger partial charge in [-0.3, -0.25) is 4.79 Å². The van der Waals surface area contributed by atoms with Crippen molar-refractivity contribution in [1.82, 2.24) is 5.32 Å². The minimum atomic E-state index is 0.0463. The molecule has 0 radical (unpaired) electrons. The molecule has 0 saturated heterocycles. The maximum atomic E-state index is 11.4. The molecule has 80 valence electrons. The van der Waals surface area contributed by atoms with E-state index in [0.29, 0.717) is 19.4 Å². The Bertz CT molecular complexity index is 204. The number of hydrogen-bond donors (Lipinski definition) is 2. The van der Waals surface area contributed by atoms with Crippen LogP contribution in [0.1, 0.15) is 33.1 Å². The van der Waals surface area contributed by atoms with Crippen LogP contribution in [0.2, 0.25) is 0 Å². The summed E-state index contributed by atoms with van der Waals surface area (Å²) >= 11 is 0. The van der Waals surface area contributed by atoms with Gasteiger partial charge in [-0.2, -0.15) is 0 Å². The maximum Gasteiger partial charge on any atom is 0.220 e. The van der Waals surface area contributed by atoms with Crippen molar-refractivity contribution in [2.75, 3.05) is 6.54 Å². The fourth-order valence-corrected chi connectivity index (χ4v) is 1.22. The van der Waals surface area contributed by atoms with E-state index in [1.807, 2.05) is 13.8 Å². The van der Waals surface area contributed by atoms with Crippen LogP contribution in [0.5, 0.6) is 0 Å². The highest BCUT2D eigenvalue weighted by Gasteiger charge is 2.11. The van der Waals surface area contributed by atoms with E-state index in [1.165, 1.54) is 0 Å². The number of terminal acetylenes is 1. The molecule has 2 atom stereocenters. The molecule has 0 aliphatic carbocycles. The van der Waals surface area contributed by atoms with Gasteiger partial charge in [0, 0.05) is 18.9 Å². The van der Waals surface area contributed by atoms with E-state index in [0.717, 1.165) is 6.42 Å². The molecule has 0 saturated carbocycles. The summed E-state index contributed by atoms with van der Waals surface area (Å²) in [5.41, 5.74) is 5.51. The van der Waals surface area contributed by atoms with Crippen LogP contribution < -0.4 is 11.1 Å². The van der Waals surface area contributed by atoms with Crippen LogP contribution in [0.15, 0.2) is 0 Å². The number of carbonyl (C=O) groups is 1. The number of nitrogens with two attached hydrogens (primary N) is 1. The van der Waals surface area contributed by atoms with Crippen LogP contribution in [-0.2, 0) is 4.79 Å². The average molecular weight is 196 g/mol. The van der Waals surface area contributed by atoms with E-state index >= 15 is 0 Å². The van der Waals surface area contributed by atoms with Crippen molar-refractivity contribution in [1.29, 1.82) is 0 Å². The fourth-order valence-electron chi connectivity index (χ4n) is 1.22. The van der Waals surface area contributed by atoms with Gasteiger partial charge < -0.3 is 11.1 Å². The first-order valence-corrected chi connectivity index (χ1v) is 5.06. The molecule has 0 aromatic heterocycles. The van der Waals surface area contributed by atoms with E-state index in [4.69, 9.17) is 12.2 Å². The zero-order chi connectivity index (χ0) is 11.0. The molecule has 0 aromatic carbocycles. The third-order valence-corrected chi connectivity index (χ3v) is 2.22. The first kappa shape index (κ1) is 13.0. The Balaban J connectivity index is 3.80. The van der Waals surface area contributed by atoms with Crippen molar-refractivity contribution in [2.24, 2.45) is 11.7 Å². The Morgan fingerprint density at radius 1 is 1.64 bits per heavy atom. The van der Waals surface area contributed by atoms with Crippen LogP contribution >= 0.6 is 0 Å². The molecule has 3 heteroatoms. The van der Waals surface area contributed by atoms with Crippen LogP contribution in [0.3, 0.4) is 0 Å². The zero-order valence-corrected chi connectivity index (χ0v) is 9.05. The summed E-state index contributed by atoms with van der Waals surface area (Å²) in [5, 5.41) is 2.84. The van der Waals surface area contributed by atoms with Gasteiger partial charge in [0.25, 0.3) is 0 Å². The number of nitrogens with one attached hydrogen (secondary N) is 1. The van der Waals surface area contributed by atoms with Crippen molar-refractivity contribution in [3.8, 4) is 12.3 Å². The van der Waals surface area contributed by atoms with Gasteiger partial charge in [0.05, 0.1) is 0 Å². The topological polar surface area (TPSA) is 55.1 Å². The first-order chi connectivity index (χ1) is 6.63. The summed E-state index contributed by atoms with van der Waals surface area (Å²) in [6, 6.07) is 0.0581. The highest BCUT2D eigenvalue weighted by Crippen LogP contribution is 2.05. The van der Waals surface area contributed by atoms with Crippen molar-refractivity contribution in [3.05, 3.63) is 0 Å². The van der Waals surface area contributed by atoms with Gasteiger partial charge in [-0.25, -0.2) is 0 Å². The Morgan fingerprint density at radius 3 is 2.71 bits per heavy atom. The molecule has 2 unspecified atom stereocenters. The number of carbonyl (C=O) groups excluding carboxylic acids is 1. The third kappa shape index (κ3) is 5.60. The van der Waals surface area contributed by atoms with Gasteiger partial charge in [-0.1, -0.05) is 13.3 Å². The second kappa shape index (κ2) is 7.40. The molecule has 3 N–H and O–H groups in total. The second-order valence-corrected chi connectivity index (χ2v) is 3.59. The molecule has 0 aromatic rings. The van der Waals surface area contributed by atoms with E-state index in [2.05, 4.69) is 11.2 Å². The highest BCUT2D eigenvalue weighted by molar-refractivity contribution is 5.76. The summed E-state index contributed by atoms with van der Waals surface area (Å²) in [4.78, 5) is 11.4. The van der Waals surface area contributed by atoms with Crippen LogP contribution in [0, 0.1) is 18.3 Å². The molecule has 0 bridgehead atoms. The predicted octanol–water partition coefficient (Wildman–Crippen LogP) is 0.889. The molecule has 0 heterocycles. The summed E-state index contributed by atoms with van der Waals surface area (Å²) < 4.78 is 0. The lowest BCUT2D eigenvalue weighted by Crippen LogP contribution is -2.34. The Morgan fingerprint density at radius 2 is 2.29 bits per heavy atom. The fraction of sp³-hybridized carbons (Fsp3) is 0.727. The third-order valence-electron chi connectivity index (χ3n) is 2.22. The quantitative estimate of drug-likeness (QED) is 0.620. The monoisotopic (exact) mass is 196 g/mol. The molecule has 0 aliphatic rings. The van der Waals surface area contributed by atoms with E-state index < -0.39 is 0 Å². The summed E-state index contributed by atoms with van der Waals surface area (Å²) in [6.07, 6.45) is 7.15. The summed E-state index contributed by atoms with van der Waals surface area (Å²) in [6.45, 7) is 4.50. The van der Waals surface area contributed by atoms with Gasteiger partial charge >= 0.3 is 0 Å². The lowest BCUT2D eigenvalue weighted by atomic mass is 10.0. The van der Waals surface area contributed by atoms with Crippen molar-refractivity contribution in [3.63, 3.8) is 0 Å². The van der Waals surface area contributed by atoms with Gasteiger partial charge in [0.1, 0.15) is 0 Å². The lowest BCUT2D eigenvalue weighted by molar-refractivity contribution is -0.122. The highest BCUT2D eigenvalue weighted by atomic mass is 16.1. The van der Waals surface area contributed by atoms with Gasteiger partial charge in [0.15, 0.2) is 0 Å². The lowest BCUT2D eigenvalue weighted by Gasteiger charge is -2.14. The van der Waals surface area contributed by atoms with Gasteiger partial charge in [-0.05, 0) is 19.4 Å². The van der Waals surface area contributed by atoms with Crippen molar-refractivity contribution < 1.29 is 4.79 Å². The Kier molecular flexibility index (Phi) is 6.87. The largest absolute Gasteiger partial charge is 0.353 e. The van der Waals surface area contributed by atoms with E-state index in [1.54, 1.807) is 0 Å². The summed E-state index contributed by atoms with van der Waals surface area (Å²) in [5.74, 6) is 2.85. The normalized spacial score (nSPS) is 14.1. The predicted molar refractivity (Wildman–Crippen MR) is 58.5 cm³/mol. The van der Waals surface area contributed by atoms with Crippen LogP contribution in [0.4, 0.5) is 0 Å². The molecule has 14 heavy (non-hydrogen) atoms. The van der Waals surface area contributed by atoms with Gasteiger partial charge in [0.2, 0.25) is 5.91 Å². The molecule has 0 aliphatic heterocycles. The minimum Gasteiger partial charge on any atom is -0.353 e. The van der Waals surface area contributed by atoms with E-state index in [9.17, 15) is 4.79 Å². The zero-order valence-electron chi connectivity index (χ0n) is 9.05. The Hall–Kier alpha value is -1.01. The molecular weight excluding hydrogens is 176 g/mol. The molecule has 3 nitrogen and oxygen atoms in total. The maximum absolute atomic E-state index is 11.4. The smallest absolute Gasteiger partial charge is 0.220 e. The minimum absolute atomic E-state index is 0.0463. The Labute approximate surface area is 86.4 Å². The molecule has 1 amide bonds. The van der Waals surface area contributed by atoms with E-state index in [-0.39, 0.29) is 17.9 Å². The van der Waals surface area contributed by atoms with Crippen molar-refractivity contribution in [2.45, 2.75) is 39.2 Å².